The van der Waals surface area contributed by atoms with Crippen LogP contribution in [0.2, 0.25) is 0 Å². The van der Waals surface area contributed by atoms with Gasteiger partial charge in [-0.05, 0) is 85.7 Å². The molecule has 0 aliphatic heterocycles. The largest absolute Gasteiger partial charge is 0.496 e. The normalized spacial score (nSPS) is 12.8. The van der Waals surface area contributed by atoms with E-state index in [4.69, 9.17) is 46.3 Å². The third kappa shape index (κ3) is 12.0. The number of sulfone groups is 1. The molecule has 2 unspecified atom stereocenters. The van der Waals surface area contributed by atoms with Crippen LogP contribution in [0.4, 0.5) is 0 Å². The lowest BCUT2D eigenvalue weighted by Gasteiger charge is -2.24. The SMILES string of the molecule is COc1cc(OC)c(C=CC(c2ccc(OC)c(OS(=O)(=O)c3ccc(C)cc3)c2)S(=O)(=O)C(C=Cc2c(OC)cc(OC)cc2OC)c2ccc(OC)c(OS(=O)(=O)c3ccc(C)cc3)c2)c(OC)c1. The van der Waals surface area contributed by atoms with Crippen molar-refractivity contribution < 1.29 is 71.5 Å². The second-order valence-electron chi connectivity index (χ2n) is 15.6. The molecule has 0 amide bonds. The summed E-state index contributed by atoms with van der Waals surface area (Å²) in [6.07, 6.45) is 5.72. The van der Waals surface area contributed by atoms with Gasteiger partial charge in [0.05, 0.1) is 68.0 Å². The summed E-state index contributed by atoms with van der Waals surface area (Å²) in [7, 11) is -2.52. The smallest absolute Gasteiger partial charge is 0.339 e. The first-order valence-corrected chi connectivity index (χ1v) is 25.9. The first-order chi connectivity index (χ1) is 33.9. The fraction of sp³-hybridized carbons (Fsp3) is 0.231. The Morgan fingerprint density at radius 3 is 0.958 bits per heavy atom. The van der Waals surface area contributed by atoms with Gasteiger partial charge in [-0.2, -0.15) is 16.8 Å². The molecular formula is C52H54O16S3. The highest BCUT2D eigenvalue weighted by Crippen LogP contribution is 2.45. The lowest BCUT2D eigenvalue weighted by atomic mass is 10.1. The van der Waals surface area contributed by atoms with Gasteiger partial charge in [-0.1, -0.05) is 59.7 Å². The first-order valence-electron chi connectivity index (χ1n) is 21.4. The van der Waals surface area contributed by atoms with Crippen LogP contribution in [0.15, 0.2) is 131 Å². The zero-order valence-corrected chi connectivity index (χ0v) is 43.1. The zero-order chi connectivity index (χ0) is 51.7. The minimum Gasteiger partial charge on any atom is -0.496 e. The van der Waals surface area contributed by atoms with Crippen molar-refractivity contribution in [2.24, 2.45) is 0 Å². The van der Waals surface area contributed by atoms with E-state index in [1.807, 2.05) is 0 Å². The van der Waals surface area contributed by atoms with E-state index < -0.39 is 40.6 Å². The number of benzene rings is 6. The van der Waals surface area contributed by atoms with Crippen molar-refractivity contribution >= 4 is 42.2 Å². The van der Waals surface area contributed by atoms with E-state index in [1.165, 1.54) is 142 Å². The van der Waals surface area contributed by atoms with Crippen molar-refractivity contribution in [3.8, 4) is 57.5 Å². The van der Waals surface area contributed by atoms with Crippen LogP contribution < -0.4 is 46.3 Å². The molecule has 0 fully saturated rings. The Morgan fingerprint density at radius 1 is 0.366 bits per heavy atom. The predicted octanol–water partition coefficient (Wildman–Crippen LogP) is 9.53. The molecule has 71 heavy (non-hydrogen) atoms. The van der Waals surface area contributed by atoms with E-state index in [-0.39, 0.29) is 66.9 Å². The maximum atomic E-state index is 16.1. The molecule has 0 aliphatic carbocycles. The van der Waals surface area contributed by atoms with Crippen LogP contribution in [0.1, 0.15) is 43.9 Å². The Bertz CT molecular complexity index is 3000. The van der Waals surface area contributed by atoms with Gasteiger partial charge in [0.25, 0.3) is 0 Å². The number of ether oxygens (including phenoxy) is 8. The highest BCUT2D eigenvalue weighted by atomic mass is 32.2. The molecule has 6 rings (SSSR count). The van der Waals surface area contributed by atoms with Gasteiger partial charge < -0.3 is 46.3 Å². The van der Waals surface area contributed by atoms with E-state index in [1.54, 1.807) is 62.4 Å². The quantitative estimate of drug-likeness (QED) is 0.0583. The Balaban J connectivity index is 1.64. The van der Waals surface area contributed by atoms with Gasteiger partial charge in [0, 0.05) is 24.3 Å². The maximum absolute atomic E-state index is 16.1. The second-order valence-corrected chi connectivity index (χ2v) is 20.8. The molecule has 0 radical (unpaired) electrons. The van der Waals surface area contributed by atoms with Crippen molar-refractivity contribution in [1.29, 1.82) is 0 Å². The third-order valence-electron chi connectivity index (χ3n) is 11.1. The maximum Gasteiger partial charge on any atom is 0.339 e. The minimum atomic E-state index is -4.77. The Hall–Kier alpha value is -7.35. The summed E-state index contributed by atoms with van der Waals surface area (Å²) < 4.78 is 143. The number of hydrogen-bond acceptors (Lipinski definition) is 16. The molecule has 2 atom stereocenters. The van der Waals surface area contributed by atoms with Crippen molar-refractivity contribution in [3.05, 3.63) is 155 Å². The van der Waals surface area contributed by atoms with Crippen LogP contribution in [0.25, 0.3) is 12.2 Å². The molecule has 0 saturated carbocycles. The third-order valence-corrected chi connectivity index (χ3v) is 15.9. The summed E-state index contributed by atoms with van der Waals surface area (Å²) in [5, 5.41) is -3.35. The standard InChI is InChI=1S/C52H54O16S3/c1-33-11-17-39(18-12-33)70(55,56)67-49-27-35(15-23-43(49)61-5)51(25-21-41-45(63-7)29-37(59-3)30-46(41)64-8)69(53,54)52(26-22-42-47(65-9)31-38(60-4)32-48(42)66-10)36-16-24-44(62-6)50(28-36)68-71(57,58)40-19-13-34(2)14-20-40/h11-32,51-52H,1-10H3. The molecule has 0 spiro atoms. The number of rotatable bonds is 22. The lowest BCUT2D eigenvalue weighted by molar-refractivity contribution is 0.374. The van der Waals surface area contributed by atoms with Crippen molar-refractivity contribution in [1.82, 2.24) is 0 Å². The molecule has 19 heteroatoms. The highest BCUT2D eigenvalue weighted by Gasteiger charge is 2.36. The van der Waals surface area contributed by atoms with E-state index in [0.717, 1.165) is 11.1 Å². The molecular weight excluding hydrogens is 977 g/mol. The first kappa shape index (κ1) is 53.0. The molecule has 376 valence electrons. The molecule has 0 aromatic heterocycles. The monoisotopic (exact) mass is 1030 g/mol. The average molecular weight is 1030 g/mol. The van der Waals surface area contributed by atoms with E-state index >= 15 is 8.42 Å². The van der Waals surface area contributed by atoms with Gasteiger partial charge in [0.2, 0.25) is 0 Å². The molecule has 0 saturated heterocycles. The van der Waals surface area contributed by atoms with Gasteiger partial charge in [0.1, 0.15) is 54.8 Å². The molecule has 0 aliphatic rings. The van der Waals surface area contributed by atoms with Crippen LogP contribution in [0.3, 0.4) is 0 Å². The second kappa shape index (κ2) is 22.6. The van der Waals surface area contributed by atoms with Gasteiger partial charge in [0.15, 0.2) is 32.8 Å². The molecule has 0 bridgehead atoms. The number of aryl methyl sites for hydroxylation is 2. The van der Waals surface area contributed by atoms with Crippen LogP contribution >= 0.6 is 0 Å². The summed E-state index contributed by atoms with van der Waals surface area (Å²) in [4.78, 5) is -0.315. The van der Waals surface area contributed by atoms with Gasteiger partial charge in [-0.15, -0.1) is 0 Å². The summed E-state index contributed by atoms with van der Waals surface area (Å²) in [5.74, 6) is 1.15. The van der Waals surface area contributed by atoms with Crippen LogP contribution in [0, 0.1) is 13.8 Å². The average Bonchev–Trinajstić information content (AvgIpc) is 3.36. The molecule has 6 aromatic rings. The van der Waals surface area contributed by atoms with Crippen molar-refractivity contribution in [3.63, 3.8) is 0 Å². The number of hydrogen-bond donors (Lipinski definition) is 0. The Kier molecular flexibility index (Phi) is 16.9. The zero-order valence-electron chi connectivity index (χ0n) is 40.6. The summed E-state index contributed by atoms with van der Waals surface area (Å²) in [6, 6.07) is 26.5. The highest BCUT2D eigenvalue weighted by molar-refractivity contribution is 7.92. The molecule has 0 heterocycles. The molecule has 16 nitrogen and oxygen atoms in total. The Labute approximate surface area is 415 Å². The summed E-state index contributed by atoms with van der Waals surface area (Å²) in [5.41, 5.74) is 2.31. The van der Waals surface area contributed by atoms with Crippen LogP contribution in [-0.2, 0) is 30.1 Å². The summed E-state index contributed by atoms with van der Waals surface area (Å²) in [6.45, 7) is 3.60. The predicted molar refractivity (Wildman–Crippen MR) is 269 cm³/mol. The van der Waals surface area contributed by atoms with Gasteiger partial charge >= 0.3 is 20.2 Å². The fourth-order valence-corrected chi connectivity index (χ4v) is 11.2. The van der Waals surface area contributed by atoms with Crippen LogP contribution in [0.5, 0.6) is 57.5 Å². The van der Waals surface area contributed by atoms with Crippen LogP contribution in [-0.4, -0.2) is 82.1 Å². The molecule has 6 aromatic carbocycles. The van der Waals surface area contributed by atoms with Crippen molar-refractivity contribution in [2.75, 3.05) is 56.9 Å². The van der Waals surface area contributed by atoms with Gasteiger partial charge in [-0.25, -0.2) is 8.42 Å². The van der Waals surface area contributed by atoms with Gasteiger partial charge in [-0.3, -0.25) is 0 Å². The fourth-order valence-electron chi connectivity index (χ4n) is 7.35. The van der Waals surface area contributed by atoms with E-state index in [2.05, 4.69) is 0 Å². The number of methoxy groups -OCH3 is 8. The molecule has 0 N–H and O–H groups in total. The lowest BCUT2D eigenvalue weighted by Crippen LogP contribution is -2.20. The van der Waals surface area contributed by atoms with Crippen molar-refractivity contribution in [2.45, 2.75) is 34.1 Å². The van der Waals surface area contributed by atoms with E-state index in [0.29, 0.717) is 22.6 Å². The van der Waals surface area contributed by atoms with E-state index in [9.17, 15) is 16.8 Å². The Morgan fingerprint density at radius 2 is 0.676 bits per heavy atom. The summed E-state index contributed by atoms with van der Waals surface area (Å²) >= 11 is 0. The topological polar surface area (TPSA) is 195 Å². The minimum absolute atomic E-state index is 0.0209.